The minimum absolute atomic E-state index is 0.469. The fourth-order valence-electron chi connectivity index (χ4n) is 5.14. The van der Waals surface area contributed by atoms with Crippen LogP contribution in [-0.4, -0.2) is 65.4 Å². The normalized spacial score (nSPS) is 16.5. The molecule has 0 spiro atoms. The van der Waals surface area contributed by atoms with Crippen molar-refractivity contribution in [1.29, 1.82) is 0 Å². The molecule has 0 unspecified atom stereocenters. The standard InChI is InChI=1S/C39H39F5N4O10/c1-19(49)45-29-22(46-35(47-36(52)57-38(2,3)4)48-37(53)58-39(5,6)7)18-23(33(50)55-30(20-14-10-8-11-15-20)21-16-12-9-13-17-21)54-32(29)34(51)56-31-27(43)25(41)24(40)26(42)28(31)44/h8-18,22,29-30,32H,1-7H3,(H,45,49)(H2,46,47,48,52,53)/t22-,29+,32+/m0/s1. The first-order chi connectivity index (χ1) is 27.0. The van der Waals surface area contributed by atoms with Gasteiger partial charge in [0.25, 0.3) is 0 Å². The Balaban J connectivity index is 1.88. The summed E-state index contributed by atoms with van der Waals surface area (Å²) in [4.78, 5) is 70.3. The number of aliphatic imine (C=N–C) groups is 1. The fourth-order valence-corrected chi connectivity index (χ4v) is 5.14. The summed E-state index contributed by atoms with van der Waals surface area (Å²) >= 11 is 0. The number of esters is 2. The molecule has 0 saturated carbocycles. The number of nitrogens with zero attached hydrogens (tertiary/aromatic N) is 1. The van der Waals surface area contributed by atoms with E-state index < -0.39 is 112 Å². The first-order valence-electron chi connectivity index (χ1n) is 17.3. The summed E-state index contributed by atoms with van der Waals surface area (Å²) in [5.74, 6) is -20.2. The topological polar surface area (TPSA) is 180 Å². The van der Waals surface area contributed by atoms with E-state index >= 15 is 0 Å². The van der Waals surface area contributed by atoms with Crippen molar-refractivity contribution in [2.75, 3.05) is 0 Å². The number of hydrogen-bond donors (Lipinski definition) is 3. The second-order valence-corrected chi connectivity index (χ2v) is 14.4. The molecule has 3 atom stereocenters. The maximum absolute atomic E-state index is 14.7. The van der Waals surface area contributed by atoms with E-state index in [1.807, 2.05) is 0 Å². The quantitative estimate of drug-likeness (QED) is 0.0347. The van der Waals surface area contributed by atoms with Crippen molar-refractivity contribution in [2.45, 2.75) is 84.0 Å². The second-order valence-electron chi connectivity index (χ2n) is 14.4. The van der Waals surface area contributed by atoms with E-state index in [1.54, 1.807) is 60.7 Å². The average Bonchev–Trinajstić information content (AvgIpc) is 3.13. The number of amides is 3. The van der Waals surface area contributed by atoms with Crippen LogP contribution >= 0.6 is 0 Å². The van der Waals surface area contributed by atoms with Crippen LogP contribution in [0.1, 0.15) is 65.7 Å². The molecular weight excluding hydrogens is 779 g/mol. The highest BCUT2D eigenvalue weighted by atomic mass is 19.2. The number of rotatable bonds is 8. The van der Waals surface area contributed by atoms with Gasteiger partial charge in [0.1, 0.15) is 23.3 Å². The molecule has 0 fully saturated rings. The lowest BCUT2D eigenvalue weighted by Crippen LogP contribution is -2.57. The minimum Gasteiger partial charge on any atom is -0.469 e. The van der Waals surface area contributed by atoms with Crippen LogP contribution in [0.5, 0.6) is 5.75 Å². The van der Waals surface area contributed by atoms with Crippen molar-refractivity contribution in [3.63, 3.8) is 0 Å². The van der Waals surface area contributed by atoms with Gasteiger partial charge >= 0.3 is 24.1 Å². The molecule has 0 saturated heterocycles. The predicted molar refractivity (Wildman–Crippen MR) is 193 cm³/mol. The maximum Gasteiger partial charge on any atom is 0.414 e. The Morgan fingerprint density at radius 2 is 1.16 bits per heavy atom. The molecule has 1 aliphatic rings. The lowest BCUT2D eigenvalue weighted by molar-refractivity contribution is -0.156. The van der Waals surface area contributed by atoms with Crippen molar-refractivity contribution in [3.8, 4) is 5.75 Å². The molecule has 310 valence electrons. The zero-order valence-electron chi connectivity index (χ0n) is 32.1. The van der Waals surface area contributed by atoms with Crippen LogP contribution in [0.3, 0.4) is 0 Å². The molecule has 14 nitrogen and oxygen atoms in total. The van der Waals surface area contributed by atoms with Crippen molar-refractivity contribution >= 4 is 36.0 Å². The van der Waals surface area contributed by atoms with Gasteiger partial charge in [-0.05, 0) is 58.7 Å². The number of nitrogens with one attached hydrogen (secondary N) is 3. The number of carbonyl (C=O) groups excluding carboxylic acids is 5. The zero-order chi connectivity index (χ0) is 43.1. The summed E-state index contributed by atoms with van der Waals surface area (Å²) in [6.07, 6.45) is -4.94. The van der Waals surface area contributed by atoms with Crippen LogP contribution in [0.25, 0.3) is 0 Å². The van der Waals surface area contributed by atoms with E-state index in [1.165, 1.54) is 41.5 Å². The third-order valence-corrected chi connectivity index (χ3v) is 7.39. The van der Waals surface area contributed by atoms with Crippen molar-refractivity contribution in [2.24, 2.45) is 4.99 Å². The molecule has 1 heterocycles. The first kappa shape index (κ1) is 44.2. The van der Waals surface area contributed by atoms with Gasteiger partial charge in [0.05, 0.1) is 0 Å². The SMILES string of the molecule is CC(=O)N[C@@H]1[C@@H](N=C(NC(=O)OC(C)(C)C)NC(=O)OC(C)(C)C)C=C(C(=O)OC(c2ccccc2)c2ccccc2)O[C@H]1C(=O)Oc1c(F)c(F)c(F)c(F)c1F. The number of carbonyl (C=O) groups is 5. The van der Waals surface area contributed by atoms with Crippen LogP contribution in [-0.2, 0) is 33.3 Å². The summed E-state index contributed by atoms with van der Waals surface area (Å²) in [6.45, 7) is 10.1. The predicted octanol–water partition coefficient (Wildman–Crippen LogP) is 6.18. The van der Waals surface area contributed by atoms with E-state index in [9.17, 15) is 45.9 Å². The Labute approximate surface area is 328 Å². The van der Waals surface area contributed by atoms with E-state index in [0.29, 0.717) is 11.1 Å². The molecule has 3 N–H and O–H groups in total. The molecule has 3 aromatic carbocycles. The average molecular weight is 819 g/mol. The largest absolute Gasteiger partial charge is 0.469 e. The third-order valence-electron chi connectivity index (χ3n) is 7.39. The summed E-state index contributed by atoms with van der Waals surface area (Å²) in [7, 11) is 0. The molecule has 0 bridgehead atoms. The highest BCUT2D eigenvalue weighted by Gasteiger charge is 2.45. The Morgan fingerprint density at radius 1 is 0.707 bits per heavy atom. The van der Waals surface area contributed by atoms with E-state index in [0.717, 1.165) is 13.0 Å². The Kier molecular flexibility index (Phi) is 13.8. The monoisotopic (exact) mass is 818 g/mol. The highest BCUT2D eigenvalue weighted by molar-refractivity contribution is 6.01. The highest BCUT2D eigenvalue weighted by Crippen LogP contribution is 2.33. The van der Waals surface area contributed by atoms with Crippen molar-refractivity contribution in [3.05, 3.63) is 113 Å². The smallest absolute Gasteiger partial charge is 0.414 e. The zero-order valence-corrected chi connectivity index (χ0v) is 32.1. The van der Waals surface area contributed by atoms with Gasteiger partial charge in [0.2, 0.25) is 58.6 Å². The van der Waals surface area contributed by atoms with Gasteiger partial charge in [-0.1, -0.05) is 60.7 Å². The molecule has 19 heteroatoms. The molecule has 1 aliphatic heterocycles. The molecule has 0 radical (unpaired) electrons. The summed E-state index contributed by atoms with van der Waals surface area (Å²) < 4.78 is 98.1. The van der Waals surface area contributed by atoms with Crippen LogP contribution < -0.4 is 20.7 Å². The van der Waals surface area contributed by atoms with Crippen LogP contribution in [0.15, 0.2) is 77.5 Å². The Bertz CT molecular complexity index is 2000. The van der Waals surface area contributed by atoms with E-state index in [-0.39, 0.29) is 0 Å². The van der Waals surface area contributed by atoms with Crippen molar-refractivity contribution in [1.82, 2.24) is 16.0 Å². The molecule has 3 amide bonds. The second kappa shape index (κ2) is 18.2. The Hall–Kier alpha value is -6.53. The summed E-state index contributed by atoms with van der Waals surface area (Å²) in [5.41, 5.74) is -1.22. The summed E-state index contributed by atoms with van der Waals surface area (Å²) in [6, 6.07) is 13.0. The molecular formula is C39H39F5N4O10. The number of hydrogen-bond acceptors (Lipinski definition) is 11. The van der Waals surface area contributed by atoms with E-state index in [4.69, 9.17) is 18.9 Å². The van der Waals surface area contributed by atoms with Gasteiger partial charge in [-0.3, -0.25) is 15.4 Å². The van der Waals surface area contributed by atoms with E-state index in [2.05, 4.69) is 25.7 Å². The fraction of sp³-hybridized carbons (Fsp3) is 0.333. The molecule has 0 aliphatic carbocycles. The lowest BCUT2D eigenvalue weighted by Gasteiger charge is -2.34. The van der Waals surface area contributed by atoms with Gasteiger partial charge < -0.3 is 29.0 Å². The van der Waals surface area contributed by atoms with Gasteiger partial charge in [-0.25, -0.2) is 37.3 Å². The van der Waals surface area contributed by atoms with Crippen molar-refractivity contribution < 1.29 is 69.6 Å². The van der Waals surface area contributed by atoms with Crippen LogP contribution in [0, 0.1) is 29.1 Å². The number of benzene rings is 3. The molecule has 58 heavy (non-hydrogen) atoms. The van der Waals surface area contributed by atoms with Crippen LogP contribution in [0.4, 0.5) is 31.5 Å². The lowest BCUT2D eigenvalue weighted by atomic mass is 9.98. The van der Waals surface area contributed by atoms with Gasteiger partial charge in [-0.15, -0.1) is 0 Å². The third kappa shape index (κ3) is 11.7. The number of alkyl carbamates (subject to hydrolysis) is 2. The maximum atomic E-state index is 14.7. The van der Waals surface area contributed by atoms with Gasteiger partial charge in [0.15, 0.2) is 6.10 Å². The number of guanidine groups is 1. The first-order valence-corrected chi connectivity index (χ1v) is 17.3. The summed E-state index contributed by atoms with van der Waals surface area (Å²) in [5, 5.41) is 6.68. The molecule has 4 rings (SSSR count). The van der Waals surface area contributed by atoms with Crippen LogP contribution in [0.2, 0.25) is 0 Å². The van der Waals surface area contributed by atoms with Gasteiger partial charge in [0, 0.05) is 6.92 Å². The molecule has 0 aromatic heterocycles. The number of ether oxygens (including phenoxy) is 5. The minimum atomic E-state index is -2.55. The Morgan fingerprint density at radius 3 is 1.59 bits per heavy atom. The molecule has 3 aromatic rings. The number of halogens is 5. The van der Waals surface area contributed by atoms with Gasteiger partial charge in [-0.2, -0.15) is 8.78 Å².